The number of nitrogens with zero attached hydrogens (tertiary/aromatic N) is 1. The van der Waals surface area contributed by atoms with Crippen molar-refractivity contribution in [1.82, 2.24) is 4.90 Å². The highest BCUT2D eigenvalue weighted by molar-refractivity contribution is 5.18. The molecule has 3 nitrogen and oxygen atoms in total. The maximum absolute atomic E-state index is 6.19. The molecule has 1 heterocycles. The molecule has 1 aromatic carbocycles. The predicted molar refractivity (Wildman–Crippen MR) is 83.8 cm³/mol. The maximum Gasteiger partial charge on any atom is 0.0595 e. The van der Waals surface area contributed by atoms with Gasteiger partial charge in [-0.1, -0.05) is 37.3 Å². The molecule has 1 aromatic rings. The Kier molecular flexibility index (Phi) is 5.58. The second kappa shape index (κ2) is 7.21. The lowest BCUT2D eigenvalue weighted by atomic mass is 9.84. The van der Waals surface area contributed by atoms with Crippen molar-refractivity contribution in [2.75, 3.05) is 26.7 Å². The van der Waals surface area contributed by atoms with Crippen LogP contribution in [0.2, 0.25) is 0 Å². The Morgan fingerprint density at radius 2 is 1.90 bits per heavy atom. The lowest BCUT2D eigenvalue weighted by Gasteiger charge is -2.46. The molecule has 0 radical (unpaired) electrons. The van der Waals surface area contributed by atoms with Crippen molar-refractivity contribution < 1.29 is 4.74 Å². The third-order valence-electron chi connectivity index (χ3n) is 4.86. The fourth-order valence-corrected chi connectivity index (χ4v) is 3.35. The lowest BCUT2D eigenvalue weighted by molar-refractivity contribution is -0.00379. The number of ether oxygens (including phenoxy) is 1. The molecule has 1 aliphatic rings. The molecule has 20 heavy (non-hydrogen) atoms. The minimum atomic E-state index is 0.0973. The zero-order valence-corrected chi connectivity index (χ0v) is 12.8. The van der Waals surface area contributed by atoms with Gasteiger partial charge in [-0.3, -0.25) is 4.90 Å². The number of hydrogen-bond acceptors (Lipinski definition) is 3. The summed E-state index contributed by atoms with van der Waals surface area (Å²) in [6, 6.07) is 10.7. The number of likely N-dealkylation sites (tertiary alicyclic amines) is 1. The van der Waals surface area contributed by atoms with Gasteiger partial charge in [-0.25, -0.2) is 0 Å². The van der Waals surface area contributed by atoms with E-state index in [9.17, 15) is 0 Å². The second-order valence-electron chi connectivity index (χ2n) is 5.87. The third kappa shape index (κ3) is 3.40. The van der Waals surface area contributed by atoms with Crippen LogP contribution in [0.5, 0.6) is 0 Å². The molecule has 0 aliphatic carbocycles. The first-order valence-corrected chi connectivity index (χ1v) is 7.76. The van der Waals surface area contributed by atoms with Crippen molar-refractivity contribution >= 4 is 0 Å². The Morgan fingerprint density at radius 3 is 2.40 bits per heavy atom. The van der Waals surface area contributed by atoms with E-state index >= 15 is 0 Å². The van der Waals surface area contributed by atoms with E-state index in [1.54, 1.807) is 0 Å². The number of rotatable bonds is 6. The quantitative estimate of drug-likeness (QED) is 0.867. The molecule has 3 heteroatoms. The fourth-order valence-electron chi connectivity index (χ4n) is 3.35. The first kappa shape index (κ1) is 15.5. The number of hydrogen-bond donors (Lipinski definition) is 1. The van der Waals surface area contributed by atoms with Crippen LogP contribution >= 0.6 is 0 Å². The number of piperidine rings is 1. The van der Waals surface area contributed by atoms with Gasteiger partial charge in [0.05, 0.1) is 6.10 Å². The van der Waals surface area contributed by atoms with Crippen LogP contribution in [0.15, 0.2) is 30.3 Å². The summed E-state index contributed by atoms with van der Waals surface area (Å²) in [6.45, 7) is 5.17. The number of nitrogens with two attached hydrogens (primary N) is 1. The van der Waals surface area contributed by atoms with Crippen molar-refractivity contribution in [2.45, 2.75) is 44.2 Å². The van der Waals surface area contributed by atoms with Gasteiger partial charge in [0.1, 0.15) is 0 Å². The van der Waals surface area contributed by atoms with E-state index in [0.29, 0.717) is 6.10 Å². The topological polar surface area (TPSA) is 38.5 Å². The van der Waals surface area contributed by atoms with Gasteiger partial charge in [-0.05, 0) is 31.2 Å². The van der Waals surface area contributed by atoms with Crippen LogP contribution in [0.1, 0.15) is 31.7 Å². The van der Waals surface area contributed by atoms with Crippen LogP contribution in [-0.4, -0.2) is 43.3 Å². The van der Waals surface area contributed by atoms with Gasteiger partial charge in [0.25, 0.3) is 0 Å². The molecular weight excluding hydrogens is 248 g/mol. The molecule has 0 saturated carbocycles. The Labute approximate surface area is 123 Å². The summed E-state index contributed by atoms with van der Waals surface area (Å²) in [5.41, 5.74) is 7.67. The molecule has 1 atom stereocenters. The molecule has 112 valence electrons. The van der Waals surface area contributed by atoms with Gasteiger partial charge in [0.15, 0.2) is 0 Å². The van der Waals surface area contributed by atoms with Crippen LogP contribution in [-0.2, 0) is 11.2 Å². The van der Waals surface area contributed by atoms with Crippen LogP contribution < -0.4 is 5.73 Å². The van der Waals surface area contributed by atoms with E-state index < -0.39 is 0 Å². The monoisotopic (exact) mass is 276 g/mol. The van der Waals surface area contributed by atoms with E-state index in [4.69, 9.17) is 10.5 Å². The van der Waals surface area contributed by atoms with E-state index in [1.165, 1.54) is 5.56 Å². The van der Waals surface area contributed by atoms with Crippen LogP contribution in [0, 0.1) is 0 Å². The highest BCUT2D eigenvalue weighted by Gasteiger charge is 2.36. The summed E-state index contributed by atoms with van der Waals surface area (Å²) in [6.07, 6.45) is 4.80. The van der Waals surface area contributed by atoms with Crippen LogP contribution in [0.3, 0.4) is 0 Å². The Morgan fingerprint density at radius 1 is 1.25 bits per heavy atom. The minimum absolute atomic E-state index is 0.0973. The van der Waals surface area contributed by atoms with Gasteiger partial charge in [-0.15, -0.1) is 0 Å². The van der Waals surface area contributed by atoms with Gasteiger partial charge in [0.2, 0.25) is 0 Å². The van der Waals surface area contributed by atoms with E-state index in [-0.39, 0.29) is 5.54 Å². The molecule has 2 N–H and O–H groups in total. The van der Waals surface area contributed by atoms with Crippen molar-refractivity contribution in [3.05, 3.63) is 35.9 Å². The lowest BCUT2D eigenvalue weighted by Crippen LogP contribution is -2.58. The summed E-state index contributed by atoms with van der Waals surface area (Å²) in [7, 11) is 1.82. The molecule has 1 saturated heterocycles. The largest absolute Gasteiger partial charge is 0.381 e. The molecule has 1 fully saturated rings. The first-order valence-electron chi connectivity index (χ1n) is 7.76. The summed E-state index contributed by atoms with van der Waals surface area (Å²) >= 11 is 0. The molecule has 1 unspecified atom stereocenters. The van der Waals surface area contributed by atoms with Gasteiger partial charge in [0, 0.05) is 32.3 Å². The molecule has 0 aromatic heterocycles. The molecule has 0 amide bonds. The summed E-state index contributed by atoms with van der Waals surface area (Å²) < 4.78 is 5.48. The number of methoxy groups -OCH3 is 1. The first-order chi connectivity index (χ1) is 9.74. The smallest absolute Gasteiger partial charge is 0.0595 e. The minimum Gasteiger partial charge on any atom is -0.381 e. The Bertz CT molecular complexity index is 381. The van der Waals surface area contributed by atoms with Gasteiger partial charge >= 0.3 is 0 Å². The van der Waals surface area contributed by atoms with Crippen molar-refractivity contribution in [2.24, 2.45) is 5.73 Å². The van der Waals surface area contributed by atoms with Crippen molar-refractivity contribution in [3.63, 3.8) is 0 Å². The van der Waals surface area contributed by atoms with Crippen LogP contribution in [0.4, 0.5) is 0 Å². The zero-order valence-electron chi connectivity index (χ0n) is 12.8. The summed E-state index contributed by atoms with van der Waals surface area (Å²) in [5.74, 6) is 0. The molecule has 1 aliphatic heterocycles. The van der Waals surface area contributed by atoms with Crippen molar-refractivity contribution in [1.29, 1.82) is 0 Å². The fraction of sp³-hybridized carbons (Fsp3) is 0.647. The van der Waals surface area contributed by atoms with Gasteiger partial charge < -0.3 is 10.5 Å². The highest BCUT2D eigenvalue weighted by atomic mass is 16.5. The summed E-state index contributed by atoms with van der Waals surface area (Å²) in [4.78, 5) is 2.59. The second-order valence-corrected chi connectivity index (χ2v) is 5.87. The van der Waals surface area contributed by atoms with Gasteiger partial charge in [-0.2, -0.15) is 0 Å². The molecular formula is C17H28N2O. The zero-order chi connectivity index (χ0) is 14.4. The Hall–Kier alpha value is -0.900. The highest BCUT2D eigenvalue weighted by Crippen LogP contribution is 2.28. The predicted octanol–water partition coefficient (Wildman–Crippen LogP) is 2.45. The SMILES string of the molecule is CCC(CN)(Cc1ccccc1)N1CCC(OC)CC1. The third-order valence-corrected chi connectivity index (χ3v) is 4.86. The average molecular weight is 276 g/mol. The summed E-state index contributed by atoms with van der Waals surface area (Å²) in [5, 5.41) is 0. The number of benzene rings is 1. The maximum atomic E-state index is 6.19. The van der Waals surface area contributed by atoms with Crippen molar-refractivity contribution in [3.8, 4) is 0 Å². The Balaban J connectivity index is 2.09. The normalized spacial score (nSPS) is 20.8. The van der Waals surface area contributed by atoms with E-state index in [1.807, 2.05) is 7.11 Å². The van der Waals surface area contributed by atoms with Crippen LogP contribution in [0.25, 0.3) is 0 Å². The molecule has 0 spiro atoms. The standard InChI is InChI=1S/C17H28N2O/c1-3-17(14-18,13-15-7-5-4-6-8-15)19-11-9-16(20-2)10-12-19/h4-8,16H,3,9-14,18H2,1-2H3. The molecule has 2 rings (SSSR count). The van der Waals surface area contributed by atoms with E-state index in [2.05, 4.69) is 42.2 Å². The van der Waals surface area contributed by atoms with E-state index in [0.717, 1.165) is 45.3 Å². The molecule has 0 bridgehead atoms. The average Bonchev–Trinajstić information content (AvgIpc) is 2.54.